The maximum Gasteiger partial charge on any atom is 0.240 e. The summed E-state index contributed by atoms with van der Waals surface area (Å²) in [5, 5.41) is 7.16. The summed E-state index contributed by atoms with van der Waals surface area (Å²) < 4.78 is 5.14. The van der Waals surface area contributed by atoms with Gasteiger partial charge in [0.25, 0.3) is 0 Å². The van der Waals surface area contributed by atoms with E-state index in [0.29, 0.717) is 23.8 Å². The first kappa shape index (κ1) is 9.65. The molecule has 78 valence electrons. The number of rotatable bonds is 4. The standard InChI is InChI=1S/C10H17N3O/c1-4-11-6-8-12-9(13-14-8)7-5-10(7,2)3/h7,11H,4-6H2,1-3H3. The molecule has 1 heterocycles. The summed E-state index contributed by atoms with van der Waals surface area (Å²) in [4.78, 5) is 4.37. The zero-order valence-corrected chi connectivity index (χ0v) is 9.00. The Balaban J connectivity index is 1.97. The van der Waals surface area contributed by atoms with Gasteiger partial charge in [-0.2, -0.15) is 4.98 Å². The molecule has 1 aliphatic rings. The van der Waals surface area contributed by atoms with Gasteiger partial charge in [0.2, 0.25) is 5.89 Å². The third kappa shape index (κ3) is 1.80. The summed E-state index contributed by atoms with van der Waals surface area (Å²) in [6, 6.07) is 0. The van der Waals surface area contributed by atoms with Crippen molar-refractivity contribution in [1.29, 1.82) is 0 Å². The highest BCUT2D eigenvalue weighted by Gasteiger charge is 2.49. The smallest absolute Gasteiger partial charge is 0.240 e. The Morgan fingerprint density at radius 3 is 2.86 bits per heavy atom. The summed E-state index contributed by atoms with van der Waals surface area (Å²) in [7, 11) is 0. The summed E-state index contributed by atoms with van der Waals surface area (Å²) in [5.74, 6) is 2.08. The van der Waals surface area contributed by atoms with Crippen LogP contribution in [0.2, 0.25) is 0 Å². The van der Waals surface area contributed by atoms with Crippen LogP contribution in [-0.2, 0) is 6.54 Å². The van der Waals surface area contributed by atoms with Gasteiger partial charge < -0.3 is 9.84 Å². The third-order valence-electron chi connectivity index (χ3n) is 2.84. The Kier molecular flexibility index (Phi) is 2.31. The zero-order chi connectivity index (χ0) is 10.2. The Morgan fingerprint density at radius 1 is 1.57 bits per heavy atom. The first-order valence-corrected chi connectivity index (χ1v) is 5.16. The van der Waals surface area contributed by atoms with Crippen molar-refractivity contribution in [1.82, 2.24) is 15.5 Å². The van der Waals surface area contributed by atoms with Crippen LogP contribution in [0.4, 0.5) is 0 Å². The van der Waals surface area contributed by atoms with E-state index in [2.05, 4.69) is 36.2 Å². The maximum atomic E-state index is 5.14. The number of hydrogen-bond acceptors (Lipinski definition) is 4. The van der Waals surface area contributed by atoms with Crippen molar-refractivity contribution < 1.29 is 4.52 Å². The lowest BCUT2D eigenvalue weighted by molar-refractivity contribution is 0.363. The highest BCUT2D eigenvalue weighted by Crippen LogP contribution is 2.57. The average Bonchev–Trinajstić information content (AvgIpc) is 2.63. The minimum Gasteiger partial charge on any atom is -0.338 e. The van der Waals surface area contributed by atoms with Crippen molar-refractivity contribution in [3.05, 3.63) is 11.7 Å². The van der Waals surface area contributed by atoms with Gasteiger partial charge in [0.15, 0.2) is 5.82 Å². The van der Waals surface area contributed by atoms with Crippen molar-refractivity contribution in [3.8, 4) is 0 Å². The molecule has 1 saturated carbocycles. The molecule has 14 heavy (non-hydrogen) atoms. The second-order valence-corrected chi connectivity index (χ2v) is 4.57. The first-order chi connectivity index (χ1) is 6.63. The highest BCUT2D eigenvalue weighted by atomic mass is 16.5. The molecule has 0 aromatic carbocycles. The van der Waals surface area contributed by atoms with E-state index < -0.39 is 0 Å². The molecule has 1 atom stereocenters. The second kappa shape index (κ2) is 3.35. The van der Waals surface area contributed by atoms with Gasteiger partial charge in [-0.05, 0) is 18.4 Å². The van der Waals surface area contributed by atoms with Gasteiger partial charge in [0.05, 0.1) is 6.54 Å². The lowest BCUT2D eigenvalue weighted by Gasteiger charge is -1.96. The predicted molar refractivity (Wildman–Crippen MR) is 52.8 cm³/mol. The van der Waals surface area contributed by atoms with Crippen LogP contribution in [0.5, 0.6) is 0 Å². The lowest BCUT2D eigenvalue weighted by Crippen LogP contribution is -2.11. The van der Waals surface area contributed by atoms with Gasteiger partial charge >= 0.3 is 0 Å². The third-order valence-corrected chi connectivity index (χ3v) is 2.84. The van der Waals surface area contributed by atoms with Crippen LogP contribution < -0.4 is 5.32 Å². The van der Waals surface area contributed by atoms with Crippen molar-refractivity contribution in [2.45, 2.75) is 39.7 Å². The minimum atomic E-state index is 0.374. The van der Waals surface area contributed by atoms with E-state index in [1.54, 1.807) is 0 Å². The maximum absolute atomic E-state index is 5.14. The molecule has 0 spiro atoms. The van der Waals surface area contributed by atoms with Gasteiger partial charge in [0.1, 0.15) is 0 Å². The molecule has 0 bridgehead atoms. The largest absolute Gasteiger partial charge is 0.338 e. The van der Waals surface area contributed by atoms with Crippen molar-refractivity contribution in [2.75, 3.05) is 6.54 Å². The van der Waals surface area contributed by atoms with Crippen LogP contribution >= 0.6 is 0 Å². The number of aromatic nitrogens is 2. The molecule has 1 aromatic rings. The Labute approximate surface area is 84.1 Å². The molecule has 0 saturated heterocycles. The number of nitrogens with one attached hydrogen (secondary N) is 1. The SMILES string of the molecule is CCNCc1nc(C2CC2(C)C)no1. The van der Waals surface area contributed by atoms with E-state index in [9.17, 15) is 0 Å². The van der Waals surface area contributed by atoms with E-state index in [0.717, 1.165) is 12.4 Å². The van der Waals surface area contributed by atoms with Crippen molar-refractivity contribution in [2.24, 2.45) is 5.41 Å². The molecule has 0 amide bonds. The Hall–Kier alpha value is -0.900. The average molecular weight is 195 g/mol. The molecule has 1 unspecified atom stereocenters. The minimum absolute atomic E-state index is 0.374. The summed E-state index contributed by atoms with van der Waals surface area (Å²) in [5.41, 5.74) is 0.374. The summed E-state index contributed by atoms with van der Waals surface area (Å²) in [6.07, 6.45) is 1.17. The molecular weight excluding hydrogens is 178 g/mol. The molecule has 0 aliphatic heterocycles. The van der Waals surface area contributed by atoms with E-state index in [-0.39, 0.29) is 0 Å². The van der Waals surface area contributed by atoms with Gasteiger partial charge in [-0.15, -0.1) is 0 Å². The van der Waals surface area contributed by atoms with Crippen molar-refractivity contribution >= 4 is 0 Å². The fourth-order valence-electron chi connectivity index (χ4n) is 1.62. The van der Waals surface area contributed by atoms with Gasteiger partial charge in [-0.1, -0.05) is 25.9 Å². The normalized spacial score (nSPS) is 23.8. The predicted octanol–water partition coefficient (Wildman–Crippen LogP) is 1.69. The number of nitrogens with zero attached hydrogens (tertiary/aromatic N) is 2. The first-order valence-electron chi connectivity index (χ1n) is 5.16. The molecule has 4 nitrogen and oxygen atoms in total. The topological polar surface area (TPSA) is 51.0 Å². The molecular formula is C10H17N3O. The highest BCUT2D eigenvalue weighted by molar-refractivity contribution is 5.14. The van der Waals surface area contributed by atoms with E-state index >= 15 is 0 Å². The summed E-state index contributed by atoms with van der Waals surface area (Å²) >= 11 is 0. The van der Waals surface area contributed by atoms with Crippen LogP contribution in [0.1, 0.15) is 44.8 Å². The van der Waals surface area contributed by atoms with Crippen LogP contribution in [0.3, 0.4) is 0 Å². The fraction of sp³-hybridized carbons (Fsp3) is 0.800. The Morgan fingerprint density at radius 2 is 2.29 bits per heavy atom. The molecule has 0 radical (unpaired) electrons. The zero-order valence-electron chi connectivity index (χ0n) is 9.00. The molecule has 4 heteroatoms. The van der Waals surface area contributed by atoms with E-state index in [1.165, 1.54) is 6.42 Å². The van der Waals surface area contributed by atoms with Crippen LogP contribution in [0, 0.1) is 5.41 Å². The van der Waals surface area contributed by atoms with Crippen LogP contribution in [-0.4, -0.2) is 16.7 Å². The molecule has 1 N–H and O–H groups in total. The van der Waals surface area contributed by atoms with Gasteiger partial charge in [-0.25, -0.2) is 0 Å². The fourth-order valence-corrected chi connectivity index (χ4v) is 1.62. The second-order valence-electron chi connectivity index (χ2n) is 4.57. The molecule has 1 aromatic heterocycles. The number of hydrogen-bond donors (Lipinski definition) is 1. The molecule has 2 rings (SSSR count). The van der Waals surface area contributed by atoms with Crippen molar-refractivity contribution in [3.63, 3.8) is 0 Å². The van der Waals surface area contributed by atoms with Gasteiger partial charge in [-0.3, -0.25) is 0 Å². The summed E-state index contributed by atoms with van der Waals surface area (Å²) in [6.45, 7) is 8.13. The monoisotopic (exact) mass is 195 g/mol. The lowest BCUT2D eigenvalue weighted by atomic mass is 10.1. The van der Waals surface area contributed by atoms with E-state index in [4.69, 9.17) is 4.52 Å². The van der Waals surface area contributed by atoms with Gasteiger partial charge in [0, 0.05) is 5.92 Å². The van der Waals surface area contributed by atoms with Crippen LogP contribution in [0.25, 0.3) is 0 Å². The molecule has 1 fully saturated rings. The van der Waals surface area contributed by atoms with E-state index in [1.807, 2.05) is 0 Å². The Bertz CT molecular complexity index is 319. The quantitative estimate of drug-likeness (QED) is 0.794. The molecule has 1 aliphatic carbocycles. The van der Waals surface area contributed by atoms with Crippen LogP contribution in [0.15, 0.2) is 4.52 Å².